The van der Waals surface area contributed by atoms with Crippen molar-refractivity contribution in [3.63, 3.8) is 0 Å². The van der Waals surface area contributed by atoms with Gasteiger partial charge in [0.2, 0.25) is 0 Å². The Morgan fingerprint density at radius 1 is 1.50 bits per heavy atom. The van der Waals surface area contributed by atoms with Crippen molar-refractivity contribution in [3.8, 4) is 11.5 Å². The van der Waals surface area contributed by atoms with Crippen LogP contribution in [0.3, 0.4) is 0 Å². The van der Waals surface area contributed by atoms with Crippen LogP contribution in [0.1, 0.15) is 39.7 Å². The van der Waals surface area contributed by atoms with Crippen LogP contribution in [0.5, 0.6) is 0 Å². The second kappa shape index (κ2) is 5.40. The summed E-state index contributed by atoms with van der Waals surface area (Å²) in [7, 11) is 0. The molecule has 0 aromatic carbocycles. The van der Waals surface area contributed by atoms with Crippen molar-refractivity contribution >= 4 is 5.97 Å². The molecule has 0 spiro atoms. The molecular weight excluding hydrogens is 260 g/mol. The Labute approximate surface area is 116 Å². The molecule has 0 saturated carbocycles. The summed E-state index contributed by atoms with van der Waals surface area (Å²) in [5.74, 6) is -0.372. The first-order chi connectivity index (χ1) is 9.37. The molecule has 2 heterocycles. The first-order valence-corrected chi connectivity index (χ1v) is 6.36. The molecule has 2 aromatic rings. The highest BCUT2D eigenvalue weighted by Crippen LogP contribution is 2.31. The van der Waals surface area contributed by atoms with Crippen molar-refractivity contribution < 1.29 is 9.90 Å². The number of carbonyl (C=O) groups is 1. The lowest BCUT2D eigenvalue weighted by molar-refractivity contribution is -0.138. The van der Waals surface area contributed by atoms with Crippen molar-refractivity contribution in [2.45, 2.75) is 39.7 Å². The lowest BCUT2D eigenvalue weighted by Gasteiger charge is -2.25. The monoisotopic (exact) mass is 278 g/mol. The Morgan fingerprint density at radius 3 is 2.80 bits per heavy atom. The minimum atomic E-state index is -0.870. The van der Waals surface area contributed by atoms with Crippen LogP contribution in [0.25, 0.3) is 11.5 Å². The maximum atomic E-state index is 11.1. The predicted octanol–water partition coefficient (Wildman–Crippen LogP) is 1.52. The molecule has 0 amide bonds. The summed E-state index contributed by atoms with van der Waals surface area (Å²) in [6.45, 7) is 6.17. The van der Waals surface area contributed by atoms with Gasteiger partial charge in [-0.05, 0) is 28.3 Å². The molecule has 1 atom stereocenters. The third-order valence-electron chi connectivity index (χ3n) is 2.84. The van der Waals surface area contributed by atoms with Crippen LogP contribution in [0.15, 0.2) is 12.3 Å². The molecule has 2 rings (SSSR count). The molecule has 0 aliphatic heterocycles. The zero-order valence-corrected chi connectivity index (χ0v) is 11.7. The number of aliphatic carboxylic acids is 1. The van der Waals surface area contributed by atoms with E-state index in [-0.39, 0.29) is 17.9 Å². The number of H-pyrrole nitrogens is 1. The van der Waals surface area contributed by atoms with E-state index in [0.29, 0.717) is 17.9 Å². The standard InChI is InChI=1S/C12H18N6O2/c1-12(2,3)7-8(6-10(19)20)18-11(15-16-17-18)9-4-5-13-14-9/h4-5,8H,6-7H2,1-3H3,(H,13,14)(H,19,20). The van der Waals surface area contributed by atoms with Gasteiger partial charge in [0.25, 0.3) is 0 Å². The summed E-state index contributed by atoms with van der Waals surface area (Å²) < 4.78 is 1.56. The Hall–Kier alpha value is -2.25. The summed E-state index contributed by atoms with van der Waals surface area (Å²) in [5.41, 5.74) is 0.636. The van der Waals surface area contributed by atoms with E-state index in [2.05, 4.69) is 46.5 Å². The molecule has 0 aliphatic rings. The van der Waals surface area contributed by atoms with E-state index in [9.17, 15) is 4.79 Å². The smallest absolute Gasteiger partial charge is 0.305 e. The van der Waals surface area contributed by atoms with Crippen molar-refractivity contribution in [1.82, 2.24) is 30.4 Å². The molecule has 0 saturated heterocycles. The zero-order valence-electron chi connectivity index (χ0n) is 11.7. The van der Waals surface area contributed by atoms with Gasteiger partial charge >= 0.3 is 5.97 Å². The number of aromatic amines is 1. The minimum Gasteiger partial charge on any atom is -0.481 e. The highest BCUT2D eigenvalue weighted by molar-refractivity contribution is 5.67. The molecule has 1 unspecified atom stereocenters. The lowest BCUT2D eigenvalue weighted by atomic mass is 9.87. The SMILES string of the molecule is CC(C)(C)CC(CC(=O)O)n1nnnc1-c1ccn[nH]1. The highest BCUT2D eigenvalue weighted by atomic mass is 16.4. The van der Waals surface area contributed by atoms with Crippen LogP contribution in [0.2, 0.25) is 0 Å². The molecule has 0 bridgehead atoms. The third-order valence-corrected chi connectivity index (χ3v) is 2.84. The molecule has 0 radical (unpaired) electrons. The summed E-state index contributed by atoms with van der Waals surface area (Å²) in [6.07, 6.45) is 2.24. The average Bonchev–Trinajstić information content (AvgIpc) is 2.96. The van der Waals surface area contributed by atoms with E-state index in [1.54, 1.807) is 16.9 Å². The Morgan fingerprint density at radius 2 is 2.25 bits per heavy atom. The van der Waals surface area contributed by atoms with Gasteiger partial charge in [-0.1, -0.05) is 20.8 Å². The molecule has 0 aliphatic carbocycles. The molecular formula is C12H18N6O2. The van der Waals surface area contributed by atoms with Gasteiger partial charge in [-0.3, -0.25) is 9.89 Å². The summed E-state index contributed by atoms with van der Waals surface area (Å²) in [5, 5.41) is 27.3. The van der Waals surface area contributed by atoms with E-state index in [4.69, 9.17) is 5.11 Å². The van der Waals surface area contributed by atoms with Gasteiger partial charge in [-0.25, -0.2) is 4.68 Å². The van der Waals surface area contributed by atoms with Gasteiger partial charge in [0, 0.05) is 6.20 Å². The number of carboxylic acid groups (broad SMARTS) is 1. The molecule has 108 valence electrons. The van der Waals surface area contributed by atoms with E-state index in [1.807, 2.05) is 0 Å². The zero-order chi connectivity index (χ0) is 14.8. The number of nitrogens with zero attached hydrogens (tertiary/aromatic N) is 5. The second-order valence-electron chi connectivity index (χ2n) is 5.93. The molecule has 8 nitrogen and oxygen atoms in total. The number of nitrogens with one attached hydrogen (secondary N) is 1. The second-order valence-corrected chi connectivity index (χ2v) is 5.93. The number of carboxylic acids is 1. The van der Waals surface area contributed by atoms with E-state index < -0.39 is 5.97 Å². The van der Waals surface area contributed by atoms with Crippen molar-refractivity contribution in [1.29, 1.82) is 0 Å². The Kier molecular flexibility index (Phi) is 3.82. The van der Waals surface area contributed by atoms with Crippen LogP contribution >= 0.6 is 0 Å². The molecule has 2 aromatic heterocycles. The van der Waals surface area contributed by atoms with Crippen LogP contribution < -0.4 is 0 Å². The van der Waals surface area contributed by atoms with Crippen molar-refractivity contribution in [3.05, 3.63) is 12.3 Å². The predicted molar refractivity (Wildman–Crippen MR) is 70.8 cm³/mol. The largest absolute Gasteiger partial charge is 0.481 e. The van der Waals surface area contributed by atoms with Crippen LogP contribution in [-0.2, 0) is 4.79 Å². The molecule has 0 fully saturated rings. The molecule has 2 N–H and O–H groups in total. The maximum absolute atomic E-state index is 11.1. The number of hydrogen-bond donors (Lipinski definition) is 2. The number of rotatable bonds is 5. The molecule has 20 heavy (non-hydrogen) atoms. The minimum absolute atomic E-state index is 0.0244. The van der Waals surface area contributed by atoms with Gasteiger partial charge in [0.1, 0.15) is 5.69 Å². The van der Waals surface area contributed by atoms with Crippen molar-refractivity contribution in [2.24, 2.45) is 5.41 Å². The maximum Gasteiger partial charge on any atom is 0.305 e. The van der Waals surface area contributed by atoms with Crippen LogP contribution in [-0.4, -0.2) is 41.5 Å². The van der Waals surface area contributed by atoms with Crippen molar-refractivity contribution in [2.75, 3.05) is 0 Å². The van der Waals surface area contributed by atoms with E-state index in [1.165, 1.54) is 0 Å². The summed E-state index contributed by atoms with van der Waals surface area (Å²) in [4.78, 5) is 11.1. The third kappa shape index (κ3) is 3.40. The average molecular weight is 278 g/mol. The normalized spacial score (nSPS) is 13.3. The summed E-state index contributed by atoms with van der Waals surface area (Å²) in [6, 6.07) is 1.44. The van der Waals surface area contributed by atoms with Crippen LogP contribution in [0.4, 0.5) is 0 Å². The Balaban J connectivity index is 2.34. The fraction of sp³-hybridized carbons (Fsp3) is 0.583. The fourth-order valence-electron chi connectivity index (χ4n) is 2.15. The first-order valence-electron chi connectivity index (χ1n) is 6.36. The summed E-state index contributed by atoms with van der Waals surface area (Å²) >= 11 is 0. The first kappa shape index (κ1) is 14.2. The molecule has 8 heteroatoms. The number of tetrazole rings is 1. The van der Waals surface area contributed by atoms with Gasteiger partial charge in [-0.2, -0.15) is 5.10 Å². The highest BCUT2D eigenvalue weighted by Gasteiger charge is 2.26. The van der Waals surface area contributed by atoms with Gasteiger partial charge in [0.15, 0.2) is 5.82 Å². The number of hydrogen-bond acceptors (Lipinski definition) is 5. The van der Waals surface area contributed by atoms with Gasteiger partial charge in [0.05, 0.1) is 12.5 Å². The van der Waals surface area contributed by atoms with Crippen LogP contribution in [0, 0.1) is 5.41 Å². The fourth-order valence-corrected chi connectivity index (χ4v) is 2.15. The lowest BCUT2D eigenvalue weighted by Crippen LogP contribution is -2.22. The Bertz CT molecular complexity index is 569. The van der Waals surface area contributed by atoms with E-state index >= 15 is 0 Å². The van der Waals surface area contributed by atoms with Gasteiger partial charge < -0.3 is 5.11 Å². The van der Waals surface area contributed by atoms with Gasteiger partial charge in [-0.15, -0.1) is 5.10 Å². The van der Waals surface area contributed by atoms with E-state index in [0.717, 1.165) is 0 Å². The number of aromatic nitrogens is 6. The quantitative estimate of drug-likeness (QED) is 0.858. The topological polar surface area (TPSA) is 110 Å².